The molecule has 2 aromatic rings. The number of hydrogen-bond donors (Lipinski definition) is 2. The van der Waals surface area contributed by atoms with Crippen LogP contribution in [0.4, 0.5) is 8.78 Å². The zero-order valence-corrected chi connectivity index (χ0v) is 14.4. The fourth-order valence-corrected chi connectivity index (χ4v) is 2.72. The summed E-state index contributed by atoms with van der Waals surface area (Å²) in [6.45, 7) is 0. The molecule has 0 spiro atoms. The number of nitrogens with one attached hydrogen (secondary N) is 1. The van der Waals surface area contributed by atoms with Crippen molar-refractivity contribution in [3.05, 3.63) is 69.2 Å². The predicted octanol–water partition coefficient (Wildman–Crippen LogP) is 3.03. The average Bonchev–Trinajstić information content (AvgIpc) is 2.52. The third-order valence-corrected chi connectivity index (χ3v) is 4.10. The SMILES string of the molecule is NC(=O)[C@H](Cc1ccc(Cl)cc1Cl)NC(=O)Cc1c(F)cccc1F. The van der Waals surface area contributed by atoms with Gasteiger partial charge in [0, 0.05) is 22.0 Å². The highest BCUT2D eigenvalue weighted by Gasteiger charge is 2.21. The number of hydrogen-bond acceptors (Lipinski definition) is 2. The van der Waals surface area contributed by atoms with Crippen molar-refractivity contribution in [2.75, 3.05) is 0 Å². The molecule has 0 saturated carbocycles. The van der Waals surface area contributed by atoms with Crippen LogP contribution in [0.2, 0.25) is 10.0 Å². The molecule has 0 radical (unpaired) electrons. The highest BCUT2D eigenvalue weighted by molar-refractivity contribution is 6.35. The van der Waals surface area contributed by atoms with E-state index in [2.05, 4.69) is 5.32 Å². The smallest absolute Gasteiger partial charge is 0.240 e. The van der Waals surface area contributed by atoms with Gasteiger partial charge in [-0.15, -0.1) is 0 Å². The maximum Gasteiger partial charge on any atom is 0.240 e. The van der Waals surface area contributed by atoms with Crippen LogP contribution in [0.3, 0.4) is 0 Å². The summed E-state index contributed by atoms with van der Waals surface area (Å²) < 4.78 is 27.2. The molecule has 0 aliphatic carbocycles. The van der Waals surface area contributed by atoms with E-state index in [4.69, 9.17) is 28.9 Å². The molecule has 25 heavy (non-hydrogen) atoms. The maximum absolute atomic E-state index is 13.6. The fraction of sp³-hybridized carbons (Fsp3) is 0.176. The molecule has 0 unspecified atom stereocenters. The topological polar surface area (TPSA) is 72.2 Å². The number of halogens is 4. The minimum Gasteiger partial charge on any atom is -0.368 e. The van der Waals surface area contributed by atoms with Gasteiger partial charge in [0.1, 0.15) is 17.7 Å². The lowest BCUT2D eigenvalue weighted by atomic mass is 10.0. The van der Waals surface area contributed by atoms with E-state index in [0.717, 1.165) is 12.1 Å². The Bertz CT molecular complexity index is 795. The first-order valence-electron chi connectivity index (χ1n) is 7.23. The minimum atomic E-state index is -1.08. The molecule has 8 heteroatoms. The van der Waals surface area contributed by atoms with Crippen LogP contribution in [0.25, 0.3) is 0 Å². The van der Waals surface area contributed by atoms with Crippen LogP contribution in [0.5, 0.6) is 0 Å². The summed E-state index contributed by atoms with van der Waals surface area (Å²) in [5, 5.41) is 3.10. The summed E-state index contributed by atoms with van der Waals surface area (Å²) in [7, 11) is 0. The molecule has 0 saturated heterocycles. The Hall–Kier alpha value is -2.18. The number of benzene rings is 2. The number of carbonyl (C=O) groups is 2. The second kappa shape index (κ2) is 8.27. The molecular formula is C17H14Cl2F2N2O2. The van der Waals surface area contributed by atoms with E-state index in [1.54, 1.807) is 12.1 Å². The van der Waals surface area contributed by atoms with Gasteiger partial charge in [-0.3, -0.25) is 9.59 Å². The summed E-state index contributed by atoms with van der Waals surface area (Å²) >= 11 is 11.8. The Kier molecular flexibility index (Phi) is 6.33. The van der Waals surface area contributed by atoms with E-state index in [-0.39, 0.29) is 12.0 Å². The predicted molar refractivity (Wildman–Crippen MR) is 91.4 cm³/mol. The lowest BCUT2D eigenvalue weighted by Crippen LogP contribution is -2.46. The average molecular weight is 387 g/mol. The van der Waals surface area contributed by atoms with Gasteiger partial charge in [0.15, 0.2) is 0 Å². The standard InChI is InChI=1S/C17H14Cl2F2N2O2/c18-10-5-4-9(12(19)7-10)6-15(17(22)25)23-16(24)8-11-13(20)2-1-3-14(11)21/h1-5,7,15H,6,8H2,(H2,22,25)(H,23,24)/t15-/m0/s1. The second-order valence-electron chi connectivity index (χ2n) is 5.34. The third kappa shape index (κ3) is 5.14. The molecule has 0 aromatic heterocycles. The largest absolute Gasteiger partial charge is 0.368 e. The zero-order valence-electron chi connectivity index (χ0n) is 12.9. The maximum atomic E-state index is 13.6. The first-order valence-corrected chi connectivity index (χ1v) is 7.99. The van der Waals surface area contributed by atoms with E-state index in [1.165, 1.54) is 12.1 Å². The van der Waals surface area contributed by atoms with Gasteiger partial charge in [0.25, 0.3) is 0 Å². The van der Waals surface area contributed by atoms with Gasteiger partial charge in [-0.25, -0.2) is 8.78 Å². The molecule has 0 fully saturated rings. The van der Waals surface area contributed by atoms with Crippen molar-refractivity contribution in [1.29, 1.82) is 0 Å². The Labute approximate surface area is 152 Å². The van der Waals surface area contributed by atoms with E-state index in [1.807, 2.05) is 0 Å². The van der Waals surface area contributed by atoms with Crippen LogP contribution >= 0.6 is 23.2 Å². The van der Waals surface area contributed by atoms with Gasteiger partial charge in [0.05, 0.1) is 6.42 Å². The Morgan fingerprint density at radius 3 is 2.32 bits per heavy atom. The van der Waals surface area contributed by atoms with E-state index < -0.39 is 35.9 Å². The van der Waals surface area contributed by atoms with Crippen LogP contribution in [0.15, 0.2) is 36.4 Å². The monoisotopic (exact) mass is 386 g/mol. The van der Waals surface area contributed by atoms with Gasteiger partial charge < -0.3 is 11.1 Å². The first kappa shape index (κ1) is 19.1. The highest BCUT2D eigenvalue weighted by atomic mass is 35.5. The van der Waals surface area contributed by atoms with Crippen LogP contribution in [-0.2, 0) is 22.4 Å². The number of nitrogens with two attached hydrogens (primary N) is 1. The quantitative estimate of drug-likeness (QED) is 0.800. The lowest BCUT2D eigenvalue weighted by Gasteiger charge is -2.17. The lowest BCUT2D eigenvalue weighted by molar-refractivity contribution is -0.127. The Morgan fingerprint density at radius 2 is 1.76 bits per heavy atom. The van der Waals surface area contributed by atoms with Crippen molar-refractivity contribution < 1.29 is 18.4 Å². The number of primary amides is 1. The van der Waals surface area contributed by atoms with Crippen molar-refractivity contribution in [1.82, 2.24) is 5.32 Å². The highest BCUT2D eigenvalue weighted by Crippen LogP contribution is 2.22. The molecule has 2 rings (SSSR count). The summed E-state index contributed by atoms with van der Waals surface area (Å²) in [5.74, 6) is -3.22. The summed E-state index contributed by atoms with van der Waals surface area (Å²) in [5.41, 5.74) is 5.46. The van der Waals surface area contributed by atoms with Crippen molar-refractivity contribution in [2.45, 2.75) is 18.9 Å². The Morgan fingerprint density at radius 1 is 1.12 bits per heavy atom. The molecule has 0 aliphatic rings. The van der Waals surface area contributed by atoms with E-state index in [0.29, 0.717) is 15.6 Å². The van der Waals surface area contributed by atoms with Gasteiger partial charge >= 0.3 is 0 Å². The number of rotatable bonds is 6. The molecule has 2 aromatic carbocycles. The van der Waals surface area contributed by atoms with E-state index >= 15 is 0 Å². The van der Waals surface area contributed by atoms with E-state index in [9.17, 15) is 18.4 Å². The molecule has 0 heterocycles. The summed E-state index contributed by atoms with van der Waals surface area (Å²) in [6, 6.07) is 6.88. The van der Waals surface area contributed by atoms with Gasteiger partial charge in [0.2, 0.25) is 11.8 Å². The van der Waals surface area contributed by atoms with Crippen LogP contribution in [-0.4, -0.2) is 17.9 Å². The number of amides is 2. The number of carbonyl (C=O) groups excluding carboxylic acids is 2. The van der Waals surface area contributed by atoms with Crippen LogP contribution in [0.1, 0.15) is 11.1 Å². The molecule has 4 nitrogen and oxygen atoms in total. The molecular weight excluding hydrogens is 373 g/mol. The van der Waals surface area contributed by atoms with Gasteiger partial charge in [-0.05, 0) is 29.8 Å². The van der Waals surface area contributed by atoms with Crippen LogP contribution in [0, 0.1) is 11.6 Å². The molecule has 0 bridgehead atoms. The van der Waals surface area contributed by atoms with Crippen molar-refractivity contribution >= 4 is 35.0 Å². The molecule has 2 amide bonds. The van der Waals surface area contributed by atoms with Crippen molar-refractivity contribution in [3.8, 4) is 0 Å². The minimum absolute atomic E-state index is 0.0246. The summed E-state index contributed by atoms with van der Waals surface area (Å²) in [6.07, 6.45) is -0.534. The zero-order chi connectivity index (χ0) is 18.6. The molecule has 0 aliphatic heterocycles. The van der Waals surface area contributed by atoms with Gasteiger partial charge in [-0.1, -0.05) is 35.3 Å². The normalized spacial score (nSPS) is 11.8. The third-order valence-electron chi connectivity index (χ3n) is 3.52. The Balaban J connectivity index is 2.11. The van der Waals surface area contributed by atoms with Gasteiger partial charge in [-0.2, -0.15) is 0 Å². The van der Waals surface area contributed by atoms with Crippen LogP contribution < -0.4 is 11.1 Å². The molecule has 3 N–H and O–H groups in total. The van der Waals surface area contributed by atoms with Crippen molar-refractivity contribution in [3.63, 3.8) is 0 Å². The van der Waals surface area contributed by atoms with Crippen molar-refractivity contribution in [2.24, 2.45) is 5.73 Å². The molecule has 132 valence electrons. The fourth-order valence-electron chi connectivity index (χ4n) is 2.24. The first-order chi connectivity index (χ1) is 11.8. The second-order valence-corrected chi connectivity index (χ2v) is 6.18. The molecule has 1 atom stereocenters. The summed E-state index contributed by atoms with van der Waals surface area (Å²) in [4.78, 5) is 23.6.